The summed E-state index contributed by atoms with van der Waals surface area (Å²) in [5.41, 5.74) is 0.721. The Kier molecular flexibility index (Phi) is 8.65. The van der Waals surface area contributed by atoms with Crippen LogP contribution < -0.4 is 26.2 Å². The predicted molar refractivity (Wildman–Crippen MR) is 147 cm³/mol. The number of fused-ring (bicyclic) bond motifs is 1. The summed E-state index contributed by atoms with van der Waals surface area (Å²) in [5, 5.41) is 29.6. The van der Waals surface area contributed by atoms with Crippen molar-refractivity contribution in [3.05, 3.63) is 65.7 Å². The maximum atomic E-state index is 13.2. The first-order valence-electron chi connectivity index (χ1n) is 12.7. The Hall–Kier alpha value is -3.89. The maximum absolute atomic E-state index is 13.2. The van der Waals surface area contributed by atoms with Gasteiger partial charge in [0.05, 0.1) is 7.11 Å². The average Bonchev–Trinajstić information content (AvgIpc) is 2.94. The highest BCUT2D eigenvalue weighted by atomic mass is 16.5. The summed E-state index contributed by atoms with van der Waals surface area (Å²) in [5.74, 6) is -0.565. The van der Waals surface area contributed by atoms with Gasteiger partial charge in [-0.25, -0.2) is 0 Å². The molecular weight excluding hydrogens is 485 g/mol. The van der Waals surface area contributed by atoms with Gasteiger partial charge in [-0.15, -0.1) is 0 Å². The number of methoxy groups -OCH3 is 1. The molecule has 3 aromatic carbocycles. The Morgan fingerprint density at radius 1 is 0.895 bits per heavy atom. The molecule has 4 rings (SSSR count). The Balaban J connectivity index is 1.58. The number of nitrogens with one attached hydrogen (secondary N) is 3. The maximum Gasteiger partial charge on any atom is 0.488 e. The molecule has 9 nitrogen and oxygen atoms in total. The second kappa shape index (κ2) is 12.1. The molecule has 0 radical (unpaired) electrons. The molecule has 0 spiro atoms. The molecule has 1 fully saturated rings. The van der Waals surface area contributed by atoms with E-state index in [9.17, 15) is 24.4 Å². The van der Waals surface area contributed by atoms with Crippen LogP contribution in [0.4, 0.5) is 5.69 Å². The number of amides is 3. The molecule has 0 bridgehead atoms. The molecule has 1 aliphatic rings. The van der Waals surface area contributed by atoms with Crippen LogP contribution in [0.1, 0.15) is 52.8 Å². The van der Waals surface area contributed by atoms with Gasteiger partial charge in [0.2, 0.25) is 5.91 Å². The van der Waals surface area contributed by atoms with Crippen LogP contribution in [-0.4, -0.2) is 55.1 Å². The summed E-state index contributed by atoms with van der Waals surface area (Å²) in [7, 11) is 1.24. The van der Waals surface area contributed by atoms with Crippen molar-refractivity contribution in [3.63, 3.8) is 0 Å². The van der Waals surface area contributed by atoms with E-state index in [1.54, 1.807) is 19.2 Å². The fourth-order valence-electron chi connectivity index (χ4n) is 4.95. The molecule has 0 unspecified atom stereocenters. The third-order valence-electron chi connectivity index (χ3n) is 7.02. The Labute approximate surface area is 221 Å². The topological polar surface area (TPSA) is 137 Å². The van der Waals surface area contributed by atoms with Crippen molar-refractivity contribution in [2.75, 3.05) is 19.5 Å². The van der Waals surface area contributed by atoms with Crippen molar-refractivity contribution in [1.82, 2.24) is 10.6 Å². The third-order valence-corrected chi connectivity index (χ3v) is 7.02. The summed E-state index contributed by atoms with van der Waals surface area (Å²) in [6.45, 7) is 0. The van der Waals surface area contributed by atoms with Gasteiger partial charge in [0.15, 0.2) is 0 Å². The summed E-state index contributed by atoms with van der Waals surface area (Å²) in [4.78, 5) is 38.9. The number of carbonyl (C=O) groups is 3. The van der Waals surface area contributed by atoms with Crippen LogP contribution in [0.5, 0.6) is 5.75 Å². The van der Waals surface area contributed by atoms with Crippen LogP contribution in [0.25, 0.3) is 10.8 Å². The van der Waals surface area contributed by atoms with Crippen molar-refractivity contribution < 1.29 is 29.2 Å². The minimum absolute atomic E-state index is 0.0185. The molecule has 0 aliphatic heterocycles. The van der Waals surface area contributed by atoms with Crippen LogP contribution in [0, 0.1) is 5.92 Å². The Morgan fingerprint density at radius 3 is 2.32 bits per heavy atom. The van der Waals surface area contributed by atoms with E-state index < -0.39 is 25.0 Å². The largest absolute Gasteiger partial charge is 0.497 e. The number of anilines is 1. The third kappa shape index (κ3) is 6.32. The number of hydrogen-bond donors (Lipinski definition) is 5. The molecule has 3 aromatic rings. The van der Waals surface area contributed by atoms with E-state index in [4.69, 9.17) is 4.74 Å². The van der Waals surface area contributed by atoms with Crippen LogP contribution in [0.2, 0.25) is 0 Å². The monoisotopic (exact) mass is 517 g/mol. The molecule has 0 saturated heterocycles. The molecule has 1 saturated carbocycles. The van der Waals surface area contributed by atoms with E-state index >= 15 is 0 Å². The van der Waals surface area contributed by atoms with Crippen molar-refractivity contribution in [2.24, 2.45) is 5.92 Å². The number of benzene rings is 3. The van der Waals surface area contributed by atoms with Crippen LogP contribution in [0.3, 0.4) is 0 Å². The SMILES string of the molecule is CNC(=O)[C@@H](NC(=O)c1cc(NC(=O)c2ccc3ccc(OC)cc3c2)cc(B(O)O)c1)C1CCCCC1. The second-order valence-electron chi connectivity index (χ2n) is 9.56. The van der Waals surface area contributed by atoms with E-state index in [0.717, 1.165) is 42.9 Å². The number of carbonyl (C=O) groups excluding carboxylic acids is 3. The molecule has 198 valence electrons. The standard InChI is InChI=1S/C28H32BN3O6/c1-30-28(35)25(18-6-4-3-5-7-18)32-27(34)21-13-22(29(36)37)16-23(14-21)31-26(33)19-9-8-17-10-11-24(38-2)15-20(17)12-19/h8-16,18,25,36-37H,3-7H2,1-2H3,(H,30,35)(H,31,33)(H,32,34)/t25-/m0/s1. The van der Waals surface area contributed by atoms with Crippen LogP contribution >= 0.6 is 0 Å². The van der Waals surface area contributed by atoms with Gasteiger partial charge >= 0.3 is 7.12 Å². The minimum Gasteiger partial charge on any atom is -0.497 e. The first-order chi connectivity index (χ1) is 18.3. The summed E-state index contributed by atoms with van der Waals surface area (Å²) in [6, 6.07) is 14.3. The van der Waals surface area contributed by atoms with Crippen molar-refractivity contribution in [1.29, 1.82) is 0 Å². The molecule has 0 heterocycles. The van der Waals surface area contributed by atoms with E-state index in [0.29, 0.717) is 11.3 Å². The van der Waals surface area contributed by atoms with Gasteiger partial charge in [-0.3, -0.25) is 14.4 Å². The molecular formula is C28H32BN3O6. The smallest absolute Gasteiger partial charge is 0.488 e. The number of rotatable bonds is 8. The first kappa shape index (κ1) is 27.2. The summed E-state index contributed by atoms with van der Waals surface area (Å²) in [6.07, 6.45) is 4.78. The summed E-state index contributed by atoms with van der Waals surface area (Å²) >= 11 is 0. The lowest BCUT2D eigenvalue weighted by atomic mass is 9.79. The number of hydrogen-bond acceptors (Lipinski definition) is 6. The van der Waals surface area contributed by atoms with Crippen molar-refractivity contribution in [3.8, 4) is 5.75 Å². The van der Waals surface area contributed by atoms with Gasteiger partial charge < -0.3 is 30.7 Å². The highest BCUT2D eigenvalue weighted by Gasteiger charge is 2.31. The van der Waals surface area contributed by atoms with Crippen molar-refractivity contribution >= 4 is 46.8 Å². The lowest BCUT2D eigenvalue weighted by molar-refractivity contribution is -0.124. The number of ether oxygens (including phenoxy) is 1. The lowest BCUT2D eigenvalue weighted by Crippen LogP contribution is -2.50. The Morgan fingerprint density at radius 2 is 1.63 bits per heavy atom. The highest BCUT2D eigenvalue weighted by molar-refractivity contribution is 6.58. The van der Waals surface area contributed by atoms with Gasteiger partial charge in [-0.2, -0.15) is 0 Å². The molecule has 1 aliphatic carbocycles. The molecule has 1 atom stereocenters. The van der Waals surface area contributed by atoms with E-state index in [2.05, 4.69) is 16.0 Å². The fraction of sp³-hybridized carbons (Fsp3) is 0.321. The minimum atomic E-state index is -1.86. The van der Waals surface area contributed by atoms with E-state index in [1.165, 1.54) is 25.2 Å². The zero-order valence-corrected chi connectivity index (χ0v) is 21.5. The summed E-state index contributed by atoms with van der Waals surface area (Å²) < 4.78 is 5.27. The molecule has 5 N–H and O–H groups in total. The van der Waals surface area contributed by atoms with Crippen molar-refractivity contribution in [2.45, 2.75) is 38.1 Å². The first-order valence-corrected chi connectivity index (χ1v) is 12.7. The van der Waals surface area contributed by atoms with Gasteiger partial charge in [-0.1, -0.05) is 31.4 Å². The van der Waals surface area contributed by atoms with Gasteiger partial charge in [0, 0.05) is 23.9 Å². The van der Waals surface area contributed by atoms with Crippen LogP contribution in [-0.2, 0) is 4.79 Å². The average molecular weight is 517 g/mol. The fourth-order valence-corrected chi connectivity index (χ4v) is 4.95. The Bertz CT molecular complexity index is 1340. The van der Waals surface area contributed by atoms with Gasteiger partial charge in [0.1, 0.15) is 11.8 Å². The zero-order valence-electron chi connectivity index (χ0n) is 21.5. The zero-order chi connectivity index (χ0) is 27.2. The second-order valence-corrected chi connectivity index (χ2v) is 9.56. The number of likely N-dealkylation sites (N-methyl/N-ethyl adjacent to an activating group) is 1. The van der Waals surface area contributed by atoms with E-state index in [1.807, 2.05) is 24.3 Å². The van der Waals surface area contributed by atoms with Gasteiger partial charge in [0.25, 0.3) is 11.8 Å². The van der Waals surface area contributed by atoms with E-state index in [-0.39, 0.29) is 28.5 Å². The molecule has 3 amide bonds. The molecule has 10 heteroatoms. The predicted octanol–water partition coefficient (Wildman–Crippen LogP) is 2.21. The highest BCUT2D eigenvalue weighted by Crippen LogP contribution is 2.27. The van der Waals surface area contributed by atoms with Crippen LogP contribution in [0.15, 0.2) is 54.6 Å². The molecule has 0 aromatic heterocycles. The molecule has 38 heavy (non-hydrogen) atoms. The normalized spacial score (nSPS) is 14.4. The quantitative estimate of drug-likeness (QED) is 0.291. The lowest BCUT2D eigenvalue weighted by Gasteiger charge is -2.29. The van der Waals surface area contributed by atoms with Gasteiger partial charge in [-0.05, 0) is 77.5 Å².